The van der Waals surface area contributed by atoms with E-state index in [2.05, 4.69) is 25.8 Å². The van der Waals surface area contributed by atoms with E-state index in [-0.39, 0.29) is 26.7 Å². The van der Waals surface area contributed by atoms with Crippen molar-refractivity contribution in [3.05, 3.63) is 82.6 Å². The molecule has 2 aromatic carbocycles. The van der Waals surface area contributed by atoms with Gasteiger partial charge in [0.1, 0.15) is 10.6 Å². The van der Waals surface area contributed by atoms with Gasteiger partial charge in [0.15, 0.2) is 11.4 Å². The summed E-state index contributed by atoms with van der Waals surface area (Å²) in [6.07, 6.45) is 1.32. The Morgan fingerprint density at radius 3 is 2.35 bits per heavy atom. The molecule has 8 heteroatoms. The quantitative estimate of drug-likeness (QED) is 0.565. The number of rotatable bonds is 6. The number of sulfonamides is 1. The third kappa shape index (κ3) is 5.31. The molecule has 0 aliphatic rings. The normalized spacial score (nSPS) is 11.9. The van der Waals surface area contributed by atoms with Crippen molar-refractivity contribution in [2.75, 3.05) is 7.11 Å². The highest BCUT2D eigenvalue weighted by Crippen LogP contribution is 2.24. The van der Waals surface area contributed by atoms with Crippen molar-refractivity contribution in [2.45, 2.75) is 31.1 Å². The summed E-state index contributed by atoms with van der Waals surface area (Å²) in [6, 6.07) is 14.7. The van der Waals surface area contributed by atoms with E-state index in [1.54, 1.807) is 48.5 Å². The Labute approximate surface area is 187 Å². The molecule has 1 aromatic heterocycles. The molecule has 2 N–H and O–H groups in total. The molecule has 162 valence electrons. The van der Waals surface area contributed by atoms with Crippen molar-refractivity contribution in [1.29, 1.82) is 0 Å². The number of nitrogens with zero attached hydrogens (tertiary/aromatic N) is 1. The van der Waals surface area contributed by atoms with Crippen LogP contribution < -0.4 is 9.46 Å². The monoisotopic (exact) mass is 459 g/mol. The molecule has 0 aliphatic heterocycles. The Hall–Kier alpha value is -2.74. The van der Waals surface area contributed by atoms with Gasteiger partial charge in [-0.25, -0.2) is 9.71 Å². The average molecular weight is 460 g/mol. The first-order valence-electron chi connectivity index (χ1n) is 9.56. The molecule has 0 aliphatic carbocycles. The molecule has 6 nitrogen and oxygen atoms in total. The van der Waals surface area contributed by atoms with E-state index in [1.807, 2.05) is 0 Å². The number of primary sulfonamides is 1. The third-order valence-electron chi connectivity index (χ3n) is 4.76. The lowest BCUT2D eigenvalue weighted by Gasteiger charge is -2.18. The van der Waals surface area contributed by atoms with Crippen LogP contribution in [0.15, 0.2) is 65.7 Å². The largest absolute Gasteiger partial charge is 0.497 e. The van der Waals surface area contributed by atoms with E-state index < -0.39 is 15.8 Å². The van der Waals surface area contributed by atoms with E-state index in [1.165, 1.54) is 19.4 Å². The Morgan fingerprint density at radius 2 is 1.74 bits per heavy atom. The fraction of sp³-hybridized carbons (Fsp3) is 0.217. The Morgan fingerprint density at radius 1 is 1.06 bits per heavy atom. The predicted octanol–water partition coefficient (Wildman–Crippen LogP) is 3.86. The molecule has 0 radical (unpaired) electrons. The number of benzene rings is 2. The van der Waals surface area contributed by atoms with Gasteiger partial charge in [0.25, 0.3) is 0 Å². The van der Waals surface area contributed by atoms with Crippen LogP contribution in [0, 0.1) is 0 Å². The number of quaternary nitrogens is 1. The smallest absolute Gasteiger partial charge is 0.328 e. The standard InChI is InChI=1S/C23H23ClN2O4S/c1-23(2,3)16-8-10-19(11-9-16)31(28,29)26-20-13-17(24)14-25-21(20)22(27)15-6-5-7-18(12-15)30-4/h5-14,26H,1-4H3/p+1. The summed E-state index contributed by atoms with van der Waals surface area (Å²) < 4.78 is 32.3. The van der Waals surface area contributed by atoms with Gasteiger partial charge < -0.3 is 4.74 Å². The van der Waals surface area contributed by atoms with Gasteiger partial charge in [-0.15, -0.1) is 0 Å². The van der Waals surface area contributed by atoms with E-state index in [0.29, 0.717) is 11.3 Å². The van der Waals surface area contributed by atoms with Crippen molar-refractivity contribution in [3.8, 4) is 5.75 Å². The maximum Gasteiger partial charge on any atom is 0.328 e. The Balaban J connectivity index is 1.97. The average Bonchev–Trinajstić information content (AvgIpc) is 2.72. The highest BCUT2D eigenvalue weighted by Gasteiger charge is 2.26. The van der Waals surface area contributed by atoms with Gasteiger partial charge in [-0.3, -0.25) is 4.79 Å². The summed E-state index contributed by atoms with van der Waals surface area (Å²) in [5, 5.41) is 0.228. The number of methoxy groups -OCH3 is 1. The zero-order valence-corrected chi connectivity index (χ0v) is 19.3. The number of pyridine rings is 1. The third-order valence-corrected chi connectivity index (χ3v) is 6.46. The second-order valence-corrected chi connectivity index (χ2v) is 10.3. The van der Waals surface area contributed by atoms with Crippen molar-refractivity contribution in [3.63, 3.8) is 0 Å². The number of nitrogens with two attached hydrogens (primary N) is 1. The molecular weight excluding hydrogens is 436 g/mol. The molecule has 0 amide bonds. The number of hydrogen-bond acceptors (Lipinski definition) is 5. The number of carbonyl (C=O) groups is 1. The van der Waals surface area contributed by atoms with E-state index in [0.717, 1.165) is 10.3 Å². The molecule has 0 saturated carbocycles. The molecule has 3 rings (SSSR count). The summed E-state index contributed by atoms with van der Waals surface area (Å²) in [5.41, 5.74) is 1.37. The lowest BCUT2D eigenvalue weighted by molar-refractivity contribution is -0.397. The van der Waals surface area contributed by atoms with Gasteiger partial charge in [0.2, 0.25) is 5.78 Å². The SMILES string of the molecule is COc1cccc(C(=O)c2ncc(Cl)cc2[NH2+]S(=O)(=O)c2ccc(C(C)(C)C)cc2)c1. The number of carbonyl (C=O) groups excluding carboxylic acids is 1. The molecular formula is C23H24ClN2O4S+. The lowest BCUT2D eigenvalue weighted by atomic mass is 9.87. The fourth-order valence-electron chi connectivity index (χ4n) is 3.02. The molecule has 0 spiro atoms. The maximum absolute atomic E-state index is 13.0. The van der Waals surface area contributed by atoms with Crippen molar-refractivity contribution in [2.24, 2.45) is 0 Å². The molecule has 0 saturated heterocycles. The zero-order valence-electron chi connectivity index (χ0n) is 17.7. The summed E-state index contributed by atoms with van der Waals surface area (Å²) in [5.74, 6) is 0.0806. The van der Waals surface area contributed by atoms with E-state index >= 15 is 0 Å². The van der Waals surface area contributed by atoms with E-state index in [9.17, 15) is 13.2 Å². The molecule has 0 fully saturated rings. The summed E-state index contributed by atoms with van der Waals surface area (Å²) >= 11 is 6.05. The number of ether oxygens (including phenoxy) is 1. The van der Waals surface area contributed by atoms with Crippen LogP contribution in [0.4, 0.5) is 5.69 Å². The summed E-state index contributed by atoms with van der Waals surface area (Å²) in [7, 11) is -2.34. The topological polar surface area (TPSA) is 89.9 Å². The van der Waals surface area contributed by atoms with Gasteiger partial charge in [-0.05, 0) is 35.2 Å². The first-order chi connectivity index (χ1) is 14.5. The molecule has 3 aromatic rings. The van der Waals surface area contributed by atoms with Gasteiger partial charge >= 0.3 is 10.0 Å². The Kier molecular flexibility index (Phi) is 6.50. The van der Waals surface area contributed by atoms with Crippen LogP contribution in [0.25, 0.3) is 0 Å². The van der Waals surface area contributed by atoms with Gasteiger partial charge in [-0.1, -0.05) is 56.6 Å². The number of aromatic nitrogens is 1. The number of ketones is 1. The maximum atomic E-state index is 13.0. The molecule has 0 atom stereocenters. The minimum Gasteiger partial charge on any atom is -0.497 e. The highest BCUT2D eigenvalue weighted by molar-refractivity contribution is 7.85. The molecule has 0 unspecified atom stereocenters. The molecule has 31 heavy (non-hydrogen) atoms. The van der Waals surface area contributed by atoms with E-state index in [4.69, 9.17) is 16.3 Å². The summed E-state index contributed by atoms with van der Waals surface area (Å²) in [4.78, 5) is 17.3. The zero-order chi connectivity index (χ0) is 22.8. The minimum absolute atomic E-state index is 0.00691. The van der Waals surface area contributed by atoms with Gasteiger partial charge in [0, 0.05) is 17.8 Å². The predicted molar refractivity (Wildman–Crippen MR) is 120 cm³/mol. The van der Waals surface area contributed by atoms with Crippen LogP contribution in [0.3, 0.4) is 0 Å². The number of halogens is 1. The second-order valence-electron chi connectivity index (χ2n) is 8.09. The van der Waals surface area contributed by atoms with Gasteiger partial charge in [-0.2, -0.15) is 8.42 Å². The van der Waals surface area contributed by atoms with Crippen LogP contribution in [0.1, 0.15) is 42.4 Å². The first-order valence-corrected chi connectivity index (χ1v) is 11.5. The lowest BCUT2D eigenvalue weighted by Crippen LogP contribution is -2.81. The van der Waals surface area contributed by atoms with Crippen molar-refractivity contribution < 1.29 is 22.7 Å². The van der Waals surface area contributed by atoms with Crippen LogP contribution in [-0.2, 0) is 15.4 Å². The Bertz CT molecular complexity index is 1220. The first kappa shape index (κ1) is 22.9. The minimum atomic E-state index is -3.84. The van der Waals surface area contributed by atoms with Crippen molar-refractivity contribution >= 4 is 33.1 Å². The van der Waals surface area contributed by atoms with Crippen molar-refractivity contribution in [1.82, 2.24) is 4.98 Å². The fourth-order valence-corrected chi connectivity index (χ4v) is 4.35. The summed E-state index contributed by atoms with van der Waals surface area (Å²) in [6.45, 7) is 6.16. The van der Waals surface area contributed by atoms with Crippen LogP contribution >= 0.6 is 11.6 Å². The van der Waals surface area contributed by atoms with Crippen LogP contribution in [0.5, 0.6) is 5.75 Å². The van der Waals surface area contributed by atoms with Gasteiger partial charge in [0.05, 0.1) is 12.1 Å². The van der Waals surface area contributed by atoms with Crippen LogP contribution in [-0.4, -0.2) is 26.3 Å². The highest BCUT2D eigenvalue weighted by atomic mass is 35.5. The molecule has 1 heterocycles. The van der Waals surface area contributed by atoms with Crippen LogP contribution in [0.2, 0.25) is 5.02 Å². The molecule has 0 bridgehead atoms. The number of hydrogen-bond donors (Lipinski definition) is 1. The second kappa shape index (κ2) is 8.78.